The Morgan fingerprint density at radius 3 is 2.82 bits per heavy atom. The molecule has 0 atom stereocenters. The zero-order valence-corrected chi connectivity index (χ0v) is 10.8. The molecule has 2 rings (SSSR count). The van der Waals surface area contributed by atoms with E-state index in [9.17, 15) is 4.79 Å². The molecular formula is C14H24N2O. The van der Waals surface area contributed by atoms with Crippen LogP contribution in [0.15, 0.2) is 11.6 Å². The first-order chi connectivity index (χ1) is 8.21. The van der Waals surface area contributed by atoms with Crippen LogP contribution in [0.5, 0.6) is 0 Å². The van der Waals surface area contributed by atoms with E-state index in [1.165, 1.54) is 24.8 Å². The van der Waals surface area contributed by atoms with Crippen LogP contribution in [0.3, 0.4) is 0 Å². The summed E-state index contributed by atoms with van der Waals surface area (Å²) in [4.78, 5) is 12.2. The summed E-state index contributed by atoms with van der Waals surface area (Å²) in [6.07, 6.45) is 9.08. The summed E-state index contributed by atoms with van der Waals surface area (Å²) in [6.45, 7) is 4.86. The molecule has 1 aliphatic heterocycles. The number of carbonyl (C=O) groups is 1. The first-order valence-corrected chi connectivity index (χ1v) is 6.88. The van der Waals surface area contributed by atoms with Gasteiger partial charge in [-0.3, -0.25) is 4.79 Å². The Morgan fingerprint density at radius 1 is 1.41 bits per heavy atom. The number of carbonyl (C=O) groups excluding carboxylic acids is 1. The quantitative estimate of drug-likeness (QED) is 0.736. The Morgan fingerprint density at radius 2 is 2.18 bits per heavy atom. The molecule has 0 spiro atoms. The molecule has 0 aromatic rings. The van der Waals surface area contributed by atoms with Gasteiger partial charge in [0.05, 0.1) is 0 Å². The molecule has 0 radical (unpaired) electrons. The van der Waals surface area contributed by atoms with Gasteiger partial charge in [0.1, 0.15) is 0 Å². The van der Waals surface area contributed by atoms with Gasteiger partial charge in [-0.05, 0) is 25.8 Å². The maximum absolute atomic E-state index is 12.2. The topological polar surface area (TPSA) is 41.1 Å². The van der Waals surface area contributed by atoms with Crippen molar-refractivity contribution in [3.63, 3.8) is 0 Å². The summed E-state index contributed by atoms with van der Waals surface area (Å²) in [5.74, 6) is 0.261. The van der Waals surface area contributed by atoms with Gasteiger partial charge in [0.15, 0.2) is 0 Å². The summed E-state index contributed by atoms with van der Waals surface area (Å²) >= 11 is 0. The van der Waals surface area contributed by atoms with Gasteiger partial charge in [-0.1, -0.05) is 37.8 Å². The van der Waals surface area contributed by atoms with E-state index < -0.39 is 0 Å². The van der Waals surface area contributed by atoms with E-state index in [0.29, 0.717) is 0 Å². The fourth-order valence-electron chi connectivity index (χ4n) is 2.80. The number of amides is 1. The summed E-state index contributed by atoms with van der Waals surface area (Å²) in [5, 5.41) is 6.41. The van der Waals surface area contributed by atoms with Crippen LogP contribution in [0.25, 0.3) is 0 Å². The van der Waals surface area contributed by atoms with Crippen LogP contribution in [-0.4, -0.2) is 25.5 Å². The highest BCUT2D eigenvalue weighted by Gasteiger charge is 2.34. The Kier molecular flexibility index (Phi) is 4.21. The average molecular weight is 236 g/mol. The standard InChI is InChI=1S/C14H24N2O/c1-14(7-3-2-4-8-14)13(17)16-11-12-5-9-15-10-6-12/h5,15H,2-4,6-11H2,1H3,(H,16,17). The molecule has 3 heteroatoms. The van der Waals surface area contributed by atoms with Gasteiger partial charge >= 0.3 is 0 Å². The lowest BCUT2D eigenvalue weighted by Crippen LogP contribution is -2.41. The predicted octanol–water partition coefficient (Wildman–Crippen LogP) is 1.99. The first-order valence-electron chi connectivity index (χ1n) is 6.88. The van der Waals surface area contributed by atoms with Crippen LogP contribution in [0.1, 0.15) is 45.4 Å². The number of hydrogen-bond acceptors (Lipinski definition) is 2. The van der Waals surface area contributed by atoms with Crippen molar-refractivity contribution < 1.29 is 4.79 Å². The lowest BCUT2D eigenvalue weighted by Gasteiger charge is -2.32. The van der Waals surface area contributed by atoms with Gasteiger partial charge in [0.2, 0.25) is 5.91 Å². The average Bonchev–Trinajstić information content (AvgIpc) is 2.38. The molecule has 1 fully saturated rings. The minimum Gasteiger partial charge on any atom is -0.352 e. The van der Waals surface area contributed by atoms with Crippen LogP contribution in [-0.2, 0) is 4.79 Å². The number of rotatable bonds is 3. The lowest BCUT2D eigenvalue weighted by atomic mass is 9.75. The van der Waals surface area contributed by atoms with Crippen LogP contribution in [0.4, 0.5) is 0 Å². The van der Waals surface area contributed by atoms with Gasteiger partial charge in [-0.25, -0.2) is 0 Å². The molecular weight excluding hydrogens is 212 g/mol. The van der Waals surface area contributed by atoms with Crippen LogP contribution in [0.2, 0.25) is 0 Å². The summed E-state index contributed by atoms with van der Waals surface area (Å²) in [6, 6.07) is 0. The molecule has 2 aliphatic rings. The molecule has 1 aliphatic carbocycles. The summed E-state index contributed by atoms with van der Waals surface area (Å²) in [5.41, 5.74) is 1.27. The highest BCUT2D eigenvalue weighted by atomic mass is 16.2. The van der Waals surface area contributed by atoms with E-state index in [4.69, 9.17) is 0 Å². The van der Waals surface area contributed by atoms with E-state index in [0.717, 1.165) is 38.9 Å². The van der Waals surface area contributed by atoms with Crippen molar-refractivity contribution in [1.82, 2.24) is 10.6 Å². The van der Waals surface area contributed by atoms with Crippen molar-refractivity contribution >= 4 is 5.91 Å². The second kappa shape index (κ2) is 5.67. The normalized spacial score (nSPS) is 23.9. The van der Waals surface area contributed by atoms with Crippen molar-refractivity contribution in [2.45, 2.75) is 45.4 Å². The highest BCUT2D eigenvalue weighted by Crippen LogP contribution is 2.35. The van der Waals surface area contributed by atoms with Crippen molar-refractivity contribution in [2.75, 3.05) is 19.6 Å². The second-order valence-corrected chi connectivity index (χ2v) is 5.62. The third-order valence-corrected chi connectivity index (χ3v) is 4.14. The fourth-order valence-corrected chi connectivity index (χ4v) is 2.80. The molecule has 17 heavy (non-hydrogen) atoms. The molecule has 1 saturated carbocycles. The molecule has 0 aromatic heterocycles. The van der Waals surface area contributed by atoms with Gasteiger partial charge in [0, 0.05) is 18.5 Å². The second-order valence-electron chi connectivity index (χ2n) is 5.62. The van der Waals surface area contributed by atoms with Gasteiger partial charge < -0.3 is 10.6 Å². The number of hydrogen-bond donors (Lipinski definition) is 2. The molecule has 1 heterocycles. The minimum absolute atomic E-state index is 0.105. The summed E-state index contributed by atoms with van der Waals surface area (Å²) < 4.78 is 0. The molecule has 96 valence electrons. The first kappa shape index (κ1) is 12.6. The van der Waals surface area contributed by atoms with Crippen molar-refractivity contribution in [2.24, 2.45) is 5.41 Å². The zero-order valence-electron chi connectivity index (χ0n) is 10.8. The maximum Gasteiger partial charge on any atom is 0.226 e. The lowest BCUT2D eigenvalue weighted by molar-refractivity contribution is -0.131. The molecule has 3 nitrogen and oxygen atoms in total. The molecule has 0 bridgehead atoms. The van der Waals surface area contributed by atoms with Gasteiger partial charge in [-0.2, -0.15) is 0 Å². The molecule has 2 N–H and O–H groups in total. The maximum atomic E-state index is 12.2. The largest absolute Gasteiger partial charge is 0.352 e. The van der Waals surface area contributed by atoms with Gasteiger partial charge in [0.25, 0.3) is 0 Å². The molecule has 0 unspecified atom stereocenters. The Hall–Kier alpha value is -0.830. The Bertz CT molecular complexity index is 303. The van der Waals surface area contributed by atoms with Crippen LogP contribution in [0, 0.1) is 5.41 Å². The van der Waals surface area contributed by atoms with Crippen molar-refractivity contribution in [3.05, 3.63) is 11.6 Å². The van der Waals surface area contributed by atoms with Crippen LogP contribution < -0.4 is 10.6 Å². The van der Waals surface area contributed by atoms with E-state index in [-0.39, 0.29) is 11.3 Å². The third kappa shape index (κ3) is 3.32. The van der Waals surface area contributed by atoms with E-state index in [1.807, 2.05) is 0 Å². The smallest absolute Gasteiger partial charge is 0.226 e. The van der Waals surface area contributed by atoms with E-state index in [2.05, 4.69) is 23.6 Å². The SMILES string of the molecule is CC1(C(=O)NCC2=CCNCC2)CCCCC1. The summed E-state index contributed by atoms with van der Waals surface area (Å²) in [7, 11) is 0. The number of nitrogens with one attached hydrogen (secondary N) is 2. The zero-order chi connectivity index (χ0) is 12.1. The Labute approximate surface area is 104 Å². The Balaban J connectivity index is 1.81. The predicted molar refractivity (Wildman–Crippen MR) is 69.8 cm³/mol. The van der Waals surface area contributed by atoms with E-state index in [1.54, 1.807) is 0 Å². The monoisotopic (exact) mass is 236 g/mol. The van der Waals surface area contributed by atoms with E-state index >= 15 is 0 Å². The van der Waals surface area contributed by atoms with Crippen molar-refractivity contribution in [1.29, 1.82) is 0 Å². The van der Waals surface area contributed by atoms with Crippen molar-refractivity contribution in [3.8, 4) is 0 Å². The molecule has 0 saturated heterocycles. The third-order valence-electron chi connectivity index (χ3n) is 4.14. The minimum atomic E-state index is -0.105. The van der Waals surface area contributed by atoms with Gasteiger partial charge in [-0.15, -0.1) is 0 Å². The molecule has 1 amide bonds. The highest BCUT2D eigenvalue weighted by molar-refractivity contribution is 5.82. The fraction of sp³-hybridized carbons (Fsp3) is 0.786. The van der Waals surface area contributed by atoms with Crippen LogP contribution >= 0.6 is 0 Å². The molecule has 0 aromatic carbocycles.